The van der Waals surface area contributed by atoms with Crippen molar-refractivity contribution < 1.29 is 9.59 Å². The van der Waals surface area contributed by atoms with E-state index in [1.807, 2.05) is 30.3 Å². The fourth-order valence-electron chi connectivity index (χ4n) is 3.68. The molecule has 7 heteroatoms. The van der Waals surface area contributed by atoms with E-state index < -0.39 is 11.5 Å². The molecule has 0 radical (unpaired) electrons. The first-order valence-electron chi connectivity index (χ1n) is 11.1. The van der Waals surface area contributed by atoms with Crippen molar-refractivity contribution in [2.45, 2.75) is 46.7 Å². The average molecular weight is 457 g/mol. The van der Waals surface area contributed by atoms with Crippen molar-refractivity contribution in [2.24, 2.45) is 0 Å². The summed E-state index contributed by atoms with van der Waals surface area (Å²) in [5, 5.41) is 14.9. The van der Waals surface area contributed by atoms with Gasteiger partial charge < -0.3 is 15.2 Å². The molecule has 0 fully saturated rings. The van der Waals surface area contributed by atoms with Crippen molar-refractivity contribution in [3.63, 3.8) is 0 Å². The SMILES string of the molecule is Cc1cc(C)n(CC(=O)Nc2ccccc2C(=O)NCc2ccc(C(C)C)cc2)c(=O)c1C#N. The molecule has 7 nitrogen and oxygen atoms in total. The number of pyridine rings is 1. The second kappa shape index (κ2) is 10.6. The lowest BCUT2D eigenvalue weighted by atomic mass is 10.0. The van der Waals surface area contributed by atoms with Gasteiger partial charge in [-0.05, 0) is 54.7 Å². The summed E-state index contributed by atoms with van der Waals surface area (Å²) in [7, 11) is 0. The lowest BCUT2D eigenvalue weighted by molar-refractivity contribution is -0.116. The quantitative estimate of drug-likeness (QED) is 0.560. The Balaban J connectivity index is 1.72. The van der Waals surface area contributed by atoms with Crippen LogP contribution in [-0.2, 0) is 17.9 Å². The highest BCUT2D eigenvalue weighted by Gasteiger charge is 2.16. The third kappa shape index (κ3) is 5.59. The van der Waals surface area contributed by atoms with Gasteiger partial charge >= 0.3 is 0 Å². The Hall–Kier alpha value is -4.18. The number of rotatable bonds is 7. The fraction of sp³-hybridized carbons (Fsp3) is 0.259. The zero-order valence-corrected chi connectivity index (χ0v) is 19.8. The molecule has 2 amide bonds. The van der Waals surface area contributed by atoms with Crippen molar-refractivity contribution >= 4 is 17.5 Å². The van der Waals surface area contributed by atoms with E-state index in [0.717, 1.165) is 5.56 Å². The predicted molar refractivity (Wildman–Crippen MR) is 132 cm³/mol. The highest BCUT2D eigenvalue weighted by atomic mass is 16.2. The minimum atomic E-state index is -0.510. The molecular formula is C27H28N4O3. The molecule has 0 saturated carbocycles. The molecule has 0 atom stereocenters. The Morgan fingerprint density at radius 2 is 1.74 bits per heavy atom. The van der Waals surface area contributed by atoms with Gasteiger partial charge in [0.15, 0.2) is 0 Å². The van der Waals surface area contributed by atoms with Gasteiger partial charge in [-0.25, -0.2) is 0 Å². The topological polar surface area (TPSA) is 104 Å². The largest absolute Gasteiger partial charge is 0.348 e. The lowest BCUT2D eigenvalue weighted by Gasteiger charge is -2.14. The standard InChI is InChI=1S/C27H28N4O3/c1-17(2)21-11-9-20(10-12-21)15-29-26(33)22-7-5-6-8-24(22)30-25(32)16-31-19(4)13-18(3)23(14-28)27(31)34/h5-13,17H,15-16H2,1-4H3,(H,29,33)(H,30,32). The zero-order chi connectivity index (χ0) is 24.8. The third-order valence-electron chi connectivity index (χ3n) is 5.66. The zero-order valence-electron chi connectivity index (χ0n) is 19.8. The summed E-state index contributed by atoms with van der Waals surface area (Å²) in [5.74, 6) is -0.355. The molecule has 1 heterocycles. The van der Waals surface area contributed by atoms with Crippen molar-refractivity contribution in [1.82, 2.24) is 9.88 Å². The summed E-state index contributed by atoms with van der Waals surface area (Å²) in [6.45, 7) is 7.73. The first-order valence-corrected chi connectivity index (χ1v) is 11.1. The van der Waals surface area contributed by atoms with E-state index in [4.69, 9.17) is 0 Å². The van der Waals surface area contributed by atoms with Gasteiger partial charge in [-0.3, -0.25) is 14.4 Å². The van der Waals surface area contributed by atoms with Crippen LogP contribution in [0.5, 0.6) is 0 Å². The van der Waals surface area contributed by atoms with Crippen molar-refractivity contribution in [3.05, 3.63) is 98.5 Å². The Morgan fingerprint density at radius 3 is 2.38 bits per heavy atom. The van der Waals surface area contributed by atoms with E-state index >= 15 is 0 Å². The van der Waals surface area contributed by atoms with Gasteiger partial charge in [-0.2, -0.15) is 5.26 Å². The molecule has 0 saturated heterocycles. The van der Waals surface area contributed by atoms with Crippen LogP contribution in [0.15, 0.2) is 59.4 Å². The molecule has 2 aromatic carbocycles. The number of amides is 2. The molecule has 3 aromatic rings. The number of anilines is 1. The van der Waals surface area contributed by atoms with E-state index in [9.17, 15) is 19.6 Å². The summed E-state index contributed by atoms with van der Waals surface area (Å²) in [6, 6.07) is 18.4. The molecule has 3 rings (SSSR count). The molecule has 0 spiro atoms. The number of hydrogen-bond acceptors (Lipinski definition) is 4. The maximum atomic E-state index is 12.8. The third-order valence-corrected chi connectivity index (χ3v) is 5.66. The smallest absolute Gasteiger partial charge is 0.269 e. The molecule has 34 heavy (non-hydrogen) atoms. The predicted octanol–water partition coefficient (Wildman–Crippen LogP) is 4.03. The lowest BCUT2D eigenvalue weighted by Crippen LogP contribution is -2.32. The van der Waals surface area contributed by atoms with Crippen molar-refractivity contribution in [2.75, 3.05) is 5.32 Å². The Bertz CT molecular complexity index is 1320. The van der Waals surface area contributed by atoms with Gasteiger partial charge in [0.05, 0.1) is 11.3 Å². The van der Waals surface area contributed by atoms with Crippen molar-refractivity contribution in [1.29, 1.82) is 5.26 Å². The Kier molecular flexibility index (Phi) is 7.64. The Labute approximate surface area is 199 Å². The van der Waals surface area contributed by atoms with Crippen LogP contribution in [0.1, 0.15) is 58.1 Å². The average Bonchev–Trinajstić information content (AvgIpc) is 2.81. The molecule has 2 N–H and O–H groups in total. The monoisotopic (exact) mass is 456 g/mol. The highest BCUT2D eigenvalue weighted by Crippen LogP contribution is 2.17. The van der Waals surface area contributed by atoms with Gasteiger partial charge in [-0.1, -0.05) is 50.2 Å². The van der Waals surface area contributed by atoms with E-state index in [2.05, 4.69) is 24.5 Å². The Morgan fingerprint density at radius 1 is 1.06 bits per heavy atom. The molecule has 0 aliphatic rings. The molecule has 0 unspecified atom stereocenters. The van der Waals surface area contributed by atoms with Crippen LogP contribution < -0.4 is 16.2 Å². The van der Waals surface area contributed by atoms with Gasteiger partial charge in [-0.15, -0.1) is 0 Å². The summed E-state index contributed by atoms with van der Waals surface area (Å²) in [4.78, 5) is 38.1. The molecule has 174 valence electrons. The van der Waals surface area contributed by atoms with Gasteiger partial charge in [0.1, 0.15) is 18.2 Å². The van der Waals surface area contributed by atoms with Crippen LogP contribution >= 0.6 is 0 Å². The second-order valence-electron chi connectivity index (χ2n) is 8.52. The summed E-state index contributed by atoms with van der Waals surface area (Å²) < 4.78 is 1.25. The first kappa shape index (κ1) is 24.5. The number of aryl methyl sites for hydroxylation is 2. The van der Waals surface area contributed by atoms with E-state index in [1.54, 1.807) is 44.2 Å². The van der Waals surface area contributed by atoms with Crippen LogP contribution in [0.4, 0.5) is 5.69 Å². The molecule has 0 aliphatic heterocycles. The summed E-state index contributed by atoms with van der Waals surface area (Å²) in [6.07, 6.45) is 0. The number of nitrogens with zero attached hydrogens (tertiary/aromatic N) is 2. The number of hydrogen-bond donors (Lipinski definition) is 2. The molecule has 1 aromatic heterocycles. The minimum Gasteiger partial charge on any atom is -0.348 e. The maximum Gasteiger partial charge on any atom is 0.269 e. The first-order chi connectivity index (χ1) is 16.2. The summed E-state index contributed by atoms with van der Waals surface area (Å²) >= 11 is 0. The van der Waals surface area contributed by atoms with E-state index in [0.29, 0.717) is 35.0 Å². The number of nitrogens with one attached hydrogen (secondary N) is 2. The van der Waals surface area contributed by atoms with Crippen LogP contribution in [0.2, 0.25) is 0 Å². The van der Waals surface area contributed by atoms with Gasteiger partial charge in [0, 0.05) is 12.2 Å². The van der Waals surface area contributed by atoms with Crippen LogP contribution in [0.25, 0.3) is 0 Å². The number of carbonyl (C=O) groups is 2. The number of carbonyl (C=O) groups excluding carboxylic acids is 2. The van der Waals surface area contributed by atoms with Crippen molar-refractivity contribution in [3.8, 4) is 6.07 Å². The molecule has 0 bridgehead atoms. The van der Waals surface area contributed by atoms with E-state index in [-0.39, 0.29) is 18.0 Å². The van der Waals surface area contributed by atoms with Crippen LogP contribution in [-0.4, -0.2) is 16.4 Å². The molecular weight excluding hydrogens is 428 g/mol. The summed E-state index contributed by atoms with van der Waals surface area (Å²) in [5.41, 5.74) is 3.52. The second-order valence-corrected chi connectivity index (χ2v) is 8.52. The normalized spacial score (nSPS) is 10.6. The maximum absolute atomic E-state index is 12.8. The minimum absolute atomic E-state index is 0.0135. The van der Waals surface area contributed by atoms with Gasteiger partial charge in [0.25, 0.3) is 11.5 Å². The number of nitriles is 1. The van der Waals surface area contributed by atoms with E-state index in [1.165, 1.54) is 10.1 Å². The molecule has 0 aliphatic carbocycles. The number of para-hydroxylation sites is 1. The van der Waals surface area contributed by atoms with Crippen LogP contribution in [0, 0.1) is 25.2 Å². The number of benzene rings is 2. The number of aromatic nitrogens is 1. The van der Waals surface area contributed by atoms with Gasteiger partial charge in [0.2, 0.25) is 5.91 Å². The fourth-order valence-corrected chi connectivity index (χ4v) is 3.68. The van der Waals surface area contributed by atoms with Crippen LogP contribution in [0.3, 0.4) is 0 Å². The highest BCUT2D eigenvalue weighted by molar-refractivity contribution is 6.03.